The molecular formula is C14H15N5O3S. The summed E-state index contributed by atoms with van der Waals surface area (Å²) in [5, 5.41) is 4.62. The Morgan fingerprint density at radius 2 is 2.13 bits per heavy atom. The zero-order valence-corrected chi connectivity index (χ0v) is 13.5. The summed E-state index contributed by atoms with van der Waals surface area (Å²) in [5.41, 5.74) is -0.488. The maximum absolute atomic E-state index is 12.5. The van der Waals surface area contributed by atoms with Crippen molar-refractivity contribution >= 4 is 28.4 Å². The Morgan fingerprint density at radius 3 is 2.83 bits per heavy atom. The Bertz CT molecular complexity index is 980. The molecule has 0 saturated heterocycles. The van der Waals surface area contributed by atoms with Crippen LogP contribution in [0.5, 0.6) is 0 Å². The number of thiophene rings is 1. The molecule has 1 N–H and O–H groups in total. The van der Waals surface area contributed by atoms with Gasteiger partial charge in [0.1, 0.15) is 6.54 Å². The van der Waals surface area contributed by atoms with Crippen LogP contribution in [0.1, 0.15) is 4.88 Å². The van der Waals surface area contributed by atoms with Crippen LogP contribution in [0.15, 0.2) is 33.4 Å². The zero-order chi connectivity index (χ0) is 16.6. The minimum atomic E-state index is -0.563. The lowest BCUT2D eigenvalue weighted by Crippen LogP contribution is -2.43. The number of rotatable bonds is 4. The second-order valence-corrected chi connectivity index (χ2v) is 6.15. The molecule has 0 atom stereocenters. The molecule has 0 saturated carbocycles. The summed E-state index contributed by atoms with van der Waals surface area (Å²) >= 11 is 1.52. The number of nitrogens with zero attached hydrogens (tertiary/aromatic N) is 4. The van der Waals surface area contributed by atoms with Gasteiger partial charge in [0.05, 0.1) is 12.9 Å². The van der Waals surface area contributed by atoms with Crippen molar-refractivity contribution in [2.45, 2.75) is 13.1 Å². The molecule has 0 spiro atoms. The first kappa shape index (κ1) is 15.2. The molecule has 0 aliphatic heterocycles. The van der Waals surface area contributed by atoms with Crippen LogP contribution >= 0.6 is 11.3 Å². The molecule has 0 fully saturated rings. The van der Waals surface area contributed by atoms with Gasteiger partial charge < -0.3 is 9.88 Å². The van der Waals surface area contributed by atoms with Gasteiger partial charge in [-0.25, -0.2) is 14.3 Å². The lowest BCUT2D eigenvalue weighted by molar-refractivity contribution is -0.121. The molecule has 0 aliphatic carbocycles. The number of hydrogen-bond acceptors (Lipinski definition) is 5. The van der Waals surface area contributed by atoms with Crippen LogP contribution in [0.25, 0.3) is 11.2 Å². The summed E-state index contributed by atoms with van der Waals surface area (Å²) in [6.07, 6.45) is 1.46. The van der Waals surface area contributed by atoms with Crippen LogP contribution in [-0.2, 0) is 32.0 Å². The first-order chi connectivity index (χ1) is 11.0. The van der Waals surface area contributed by atoms with Gasteiger partial charge in [0.2, 0.25) is 5.91 Å². The number of hydrogen-bond donors (Lipinski definition) is 1. The van der Waals surface area contributed by atoms with E-state index in [1.807, 2.05) is 17.5 Å². The molecule has 3 heterocycles. The lowest BCUT2D eigenvalue weighted by Gasteiger charge is -2.09. The Kier molecular flexibility index (Phi) is 3.87. The largest absolute Gasteiger partial charge is 0.350 e. The zero-order valence-electron chi connectivity index (χ0n) is 12.6. The summed E-state index contributed by atoms with van der Waals surface area (Å²) in [7, 11) is 3.19. The molecule has 3 rings (SSSR count). The fourth-order valence-electron chi connectivity index (χ4n) is 2.33. The van der Waals surface area contributed by atoms with E-state index in [2.05, 4.69) is 10.3 Å². The van der Waals surface area contributed by atoms with Crippen molar-refractivity contribution in [1.29, 1.82) is 0 Å². The first-order valence-corrected chi connectivity index (χ1v) is 7.77. The number of aryl methyl sites for hydroxylation is 2. The molecular weight excluding hydrogens is 318 g/mol. The van der Waals surface area contributed by atoms with E-state index in [9.17, 15) is 14.4 Å². The average Bonchev–Trinajstić information content (AvgIpc) is 3.17. The number of fused-ring (bicyclic) bond motifs is 1. The fraction of sp³-hybridized carbons (Fsp3) is 0.286. The molecule has 0 aromatic carbocycles. The minimum Gasteiger partial charge on any atom is -0.350 e. The number of nitrogens with one attached hydrogen (secondary N) is 1. The van der Waals surface area contributed by atoms with Crippen LogP contribution in [0.4, 0.5) is 0 Å². The summed E-state index contributed by atoms with van der Waals surface area (Å²) in [5.74, 6) is -0.390. The van der Waals surface area contributed by atoms with Gasteiger partial charge in [0.15, 0.2) is 11.2 Å². The van der Waals surface area contributed by atoms with Gasteiger partial charge >= 0.3 is 5.69 Å². The van der Waals surface area contributed by atoms with Crippen molar-refractivity contribution in [2.75, 3.05) is 0 Å². The number of aromatic nitrogens is 4. The summed E-state index contributed by atoms with van der Waals surface area (Å²) in [4.78, 5) is 41.8. The number of imidazole rings is 1. The van der Waals surface area contributed by atoms with E-state index < -0.39 is 11.2 Å². The Hall–Kier alpha value is -2.68. The van der Waals surface area contributed by atoms with Gasteiger partial charge in [-0.3, -0.25) is 14.2 Å². The van der Waals surface area contributed by atoms with Crippen molar-refractivity contribution in [3.8, 4) is 0 Å². The van der Waals surface area contributed by atoms with E-state index >= 15 is 0 Å². The van der Waals surface area contributed by atoms with Gasteiger partial charge in [-0.2, -0.15) is 0 Å². The molecule has 0 radical (unpaired) electrons. The van der Waals surface area contributed by atoms with E-state index in [1.54, 1.807) is 7.05 Å². The monoisotopic (exact) mass is 333 g/mol. The first-order valence-electron chi connectivity index (χ1n) is 6.89. The summed E-state index contributed by atoms with van der Waals surface area (Å²) < 4.78 is 3.73. The highest BCUT2D eigenvalue weighted by Gasteiger charge is 2.16. The van der Waals surface area contributed by atoms with Crippen LogP contribution in [0.2, 0.25) is 0 Å². The van der Waals surface area contributed by atoms with Crippen molar-refractivity contribution in [1.82, 2.24) is 24.0 Å². The molecule has 9 heteroatoms. The van der Waals surface area contributed by atoms with Crippen LogP contribution in [0.3, 0.4) is 0 Å². The fourth-order valence-corrected chi connectivity index (χ4v) is 2.98. The van der Waals surface area contributed by atoms with E-state index in [4.69, 9.17) is 0 Å². The quantitative estimate of drug-likeness (QED) is 0.716. The molecule has 120 valence electrons. The van der Waals surface area contributed by atoms with Gasteiger partial charge in [-0.1, -0.05) is 6.07 Å². The molecule has 3 aromatic heterocycles. The molecule has 0 unspecified atom stereocenters. The number of carbonyl (C=O) groups excluding carboxylic acids is 1. The predicted molar refractivity (Wildman–Crippen MR) is 86.4 cm³/mol. The maximum Gasteiger partial charge on any atom is 0.332 e. The Labute approximate surface area is 134 Å². The topological polar surface area (TPSA) is 90.9 Å². The SMILES string of the molecule is Cn1cnc2c1c(=O)n(CC(=O)NCc1cccs1)c(=O)n2C. The minimum absolute atomic E-state index is 0.290. The third-order valence-corrected chi connectivity index (χ3v) is 4.42. The summed E-state index contributed by atoms with van der Waals surface area (Å²) in [6, 6.07) is 3.79. The van der Waals surface area contributed by atoms with Crippen molar-refractivity contribution < 1.29 is 4.79 Å². The van der Waals surface area contributed by atoms with Crippen LogP contribution in [-0.4, -0.2) is 24.6 Å². The van der Waals surface area contributed by atoms with E-state index in [1.165, 1.54) is 33.8 Å². The van der Waals surface area contributed by atoms with Crippen molar-refractivity contribution in [3.63, 3.8) is 0 Å². The smallest absolute Gasteiger partial charge is 0.332 e. The maximum atomic E-state index is 12.5. The predicted octanol–water partition coefficient (Wildman–Crippen LogP) is -0.188. The standard InChI is InChI=1S/C14H15N5O3S/c1-17-8-16-12-11(17)13(21)19(14(22)18(12)2)7-10(20)15-6-9-4-3-5-23-9/h3-5,8H,6-7H2,1-2H3,(H,15,20). The van der Waals surface area contributed by atoms with Crippen LogP contribution < -0.4 is 16.6 Å². The molecule has 23 heavy (non-hydrogen) atoms. The Morgan fingerprint density at radius 1 is 1.35 bits per heavy atom. The molecule has 0 aliphatic rings. The molecule has 1 amide bonds. The highest BCUT2D eigenvalue weighted by atomic mass is 32.1. The highest BCUT2D eigenvalue weighted by molar-refractivity contribution is 7.09. The normalized spacial score (nSPS) is 11.0. The number of carbonyl (C=O) groups is 1. The van der Waals surface area contributed by atoms with E-state index in [0.717, 1.165) is 9.44 Å². The summed E-state index contributed by atoms with van der Waals surface area (Å²) in [6.45, 7) is 0.0531. The molecule has 3 aromatic rings. The highest BCUT2D eigenvalue weighted by Crippen LogP contribution is 2.07. The number of amides is 1. The van der Waals surface area contributed by atoms with Gasteiger partial charge in [0.25, 0.3) is 5.56 Å². The molecule has 0 bridgehead atoms. The van der Waals surface area contributed by atoms with Crippen molar-refractivity contribution in [2.24, 2.45) is 14.1 Å². The van der Waals surface area contributed by atoms with Gasteiger partial charge in [0, 0.05) is 19.0 Å². The van der Waals surface area contributed by atoms with Gasteiger partial charge in [-0.15, -0.1) is 11.3 Å². The van der Waals surface area contributed by atoms with Gasteiger partial charge in [-0.05, 0) is 11.4 Å². The third kappa shape index (κ3) is 2.70. The molecule has 8 nitrogen and oxygen atoms in total. The third-order valence-electron chi connectivity index (χ3n) is 3.54. The second-order valence-electron chi connectivity index (χ2n) is 5.12. The second kappa shape index (κ2) is 5.84. The van der Waals surface area contributed by atoms with Crippen molar-refractivity contribution in [3.05, 3.63) is 49.6 Å². The lowest BCUT2D eigenvalue weighted by atomic mass is 10.4. The Balaban J connectivity index is 1.90. The average molecular weight is 333 g/mol. The van der Waals surface area contributed by atoms with E-state index in [-0.39, 0.29) is 18.0 Å². The van der Waals surface area contributed by atoms with E-state index in [0.29, 0.717) is 12.2 Å². The van der Waals surface area contributed by atoms with Crippen LogP contribution in [0, 0.1) is 0 Å².